The maximum atomic E-state index is 12.6. The zero-order valence-electron chi connectivity index (χ0n) is 12.2. The summed E-state index contributed by atoms with van der Waals surface area (Å²) < 4.78 is 31.8. The molecule has 0 unspecified atom stereocenters. The Hall–Kier alpha value is -1.12. The van der Waals surface area contributed by atoms with E-state index in [2.05, 4.69) is 15.9 Å². The van der Waals surface area contributed by atoms with E-state index < -0.39 is 16.0 Å². The van der Waals surface area contributed by atoms with Gasteiger partial charge in [-0.2, -0.15) is 4.31 Å². The molecule has 0 bridgehead atoms. The molecule has 0 aromatic heterocycles. The first-order valence-electron chi connectivity index (χ1n) is 6.42. The SMILES string of the molecule is CCOC(=O)CN(C(C)C)S(=O)(=O)c1ccc(Br)c(N)c1. The molecule has 21 heavy (non-hydrogen) atoms. The number of anilines is 1. The lowest BCUT2D eigenvalue weighted by molar-refractivity contribution is -0.143. The number of nitrogen functional groups attached to an aromatic ring is 1. The summed E-state index contributed by atoms with van der Waals surface area (Å²) in [5.41, 5.74) is 6.04. The quantitative estimate of drug-likeness (QED) is 0.603. The van der Waals surface area contributed by atoms with Crippen LogP contribution in [0.15, 0.2) is 27.6 Å². The Morgan fingerprint density at radius 2 is 2.05 bits per heavy atom. The molecule has 0 atom stereocenters. The molecule has 0 radical (unpaired) electrons. The number of rotatable bonds is 6. The number of halogens is 1. The van der Waals surface area contributed by atoms with Gasteiger partial charge in [-0.3, -0.25) is 4.79 Å². The minimum atomic E-state index is -3.82. The smallest absolute Gasteiger partial charge is 0.321 e. The molecule has 1 rings (SSSR count). The zero-order chi connectivity index (χ0) is 16.2. The molecule has 8 heteroatoms. The summed E-state index contributed by atoms with van der Waals surface area (Å²) in [6.07, 6.45) is 0. The Balaban J connectivity index is 3.15. The molecule has 6 nitrogen and oxygen atoms in total. The fraction of sp³-hybridized carbons (Fsp3) is 0.462. The summed E-state index contributed by atoms with van der Waals surface area (Å²) in [6.45, 7) is 4.93. The molecule has 0 saturated heterocycles. The van der Waals surface area contributed by atoms with Gasteiger partial charge in [0.15, 0.2) is 0 Å². The monoisotopic (exact) mass is 378 g/mol. The first-order valence-corrected chi connectivity index (χ1v) is 8.66. The Labute approximate surface area is 133 Å². The second-order valence-corrected chi connectivity index (χ2v) is 7.38. The van der Waals surface area contributed by atoms with E-state index >= 15 is 0 Å². The second kappa shape index (κ2) is 7.24. The predicted molar refractivity (Wildman–Crippen MR) is 84.2 cm³/mol. The Morgan fingerprint density at radius 3 is 2.52 bits per heavy atom. The van der Waals surface area contributed by atoms with Gasteiger partial charge in [0.2, 0.25) is 10.0 Å². The number of carbonyl (C=O) groups is 1. The maximum absolute atomic E-state index is 12.6. The van der Waals surface area contributed by atoms with E-state index in [9.17, 15) is 13.2 Å². The van der Waals surface area contributed by atoms with E-state index in [4.69, 9.17) is 10.5 Å². The van der Waals surface area contributed by atoms with Crippen LogP contribution in [0.5, 0.6) is 0 Å². The Bertz CT molecular complexity index is 617. The number of hydrogen-bond donors (Lipinski definition) is 1. The molecule has 0 aliphatic carbocycles. The third-order valence-electron chi connectivity index (χ3n) is 2.74. The fourth-order valence-electron chi connectivity index (χ4n) is 1.70. The van der Waals surface area contributed by atoms with Crippen molar-refractivity contribution in [2.45, 2.75) is 31.7 Å². The highest BCUT2D eigenvalue weighted by Crippen LogP contribution is 2.25. The summed E-state index contributed by atoms with van der Waals surface area (Å²) in [6, 6.07) is 3.98. The van der Waals surface area contributed by atoms with Crippen LogP contribution in [0, 0.1) is 0 Å². The predicted octanol–water partition coefficient (Wildman–Crippen LogP) is 1.99. The van der Waals surface area contributed by atoms with Gasteiger partial charge in [0.1, 0.15) is 6.54 Å². The van der Waals surface area contributed by atoms with E-state index in [1.54, 1.807) is 26.8 Å². The van der Waals surface area contributed by atoms with Crippen molar-refractivity contribution in [1.82, 2.24) is 4.31 Å². The van der Waals surface area contributed by atoms with Crippen LogP contribution in [0.4, 0.5) is 5.69 Å². The van der Waals surface area contributed by atoms with Crippen molar-refractivity contribution in [3.8, 4) is 0 Å². The van der Waals surface area contributed by atoms with Crippen molar-refractivity contribution >= 4 is 37.6 Å². The number of sulfonamides is 1. The van der Waals surface area contributed by atoms with Gasteiger partial charge in [0.05, 0.1) is 11.5 Å². The average molecular weight is 379 g/mol. The molecule has 0 aliphatic heterocycles. The van der Waals surface area contributed by atoms with E-state index in [0.29, 0.717) is 10.2 Å². The molecule has 0 amide bonds. The summed E-state index contributed by atoms with van der Waals surface area (Å²) in [5.74, 6) is -0.583. The van der Waals surface area contributed by atoms with Gasteiger partial charge in [-0.1, -0.05) is 0 Å². The van der Waals surface area contributed by atoms with Crippen LogP contribution in [-0.2, 0) is 19.6 Å². The van der Waals surface area contributed by atoms with Crippen molar-refractivity contribution in [3.05, 3.63) is 22.7 Å². The van der Waals surface area contributed by atoms with Gasteiger partial charge < -0.3 is 10.5 Å². The lowest BCUT2D eigenvalue weighted by Gasteiger charge is -2.25. The molecule has 1 aromatic carbocycles. The van der Waals surface area contributed by atoms with Gasteiger partial charge in [0, 0.05) is 16.2 Å². The summed E-state index contributed by atoms with van der Waals surface area (Å²) >= 11 is 3.22. The van der Waals surface area contributed by atoms with Crippen LogP contribution >= 0.6 is 15.9 Å². The minimum Gasteiger partial charge on any atom is -0.465 e. The zero-order valence-corrected chi connectivity index (χ0v) is 14.6. The number of nitrogens with zero attached hydrogens (tertiary/aromatic N) is 1. The minimum absolute atomic E-state index is 0.0428. The van der Waals surface area contributed by atoms with Gasteiger partial charge in [0.25, 0.3) is 0 Å². The lowest BCUT2D eigenvalue weighted by atomic mass is 10.3. The molecule has 0 saturated carbocycles. The van der Waals surface area contributed by atoms with Gasteiger partial charge in [-0.25, -0.2) is 8.42 Å². The van der Waals surface area contributed by atoms with E-state index in [0.717, 1.165) is 4.31 Å². The molecule has 0 fully saturated rings. The standard InChI is InChI=1S/C13H19BrN2O4S/c1-4-20-13(17)8-16(9(2)3)21(18,19)10-5-6-11(14)12(15)7-10/h5-7,9H,4,8,15H2,1-3H3. The number of benzene rings is 1. The van der Waals surface area contributed by atoms with Crippen LogP contribution in [0.2, 0.25) is 0 Å². The van der Waals surface area contributed by atoms with Crippen LogP contribution in [-0.4, -0.2) is 37.9 Å². The van der Waals surface area contributed by atoms with E-state index in [1.165, 1.54) is 12.1 Å². The first-order chi connectivity index (χ1) is 9.70. The highest BCUT2D eigenvalue weighted by Gasteiger charge is 2.29. The summed E-state index contributed by atoms with van der Waals surface area (Å²) in [7, 11) is -3.82. The van der Waals surface area contributed by atoms with Gasteiger partial charge >= 0.3 is 5.97 Å². The molecule has 0 aliphatic rings. The Kier molecular flexibility index (Phi) is 6.18. The first kappa shape index (κ1) is 17.9. The highest BCUT2D eigenvalue weighted by molar-refractivity contribution is 9.10. The topological polar surface area (TPSA) is 89.7 Å². The molecule has 1 aromatic rings. The van der Waals surface area contributed by atoms with Crippen LogP contribution < -0.4 is 5.73 Å². The van der Waals surface area contributed by atoms with Crippen molar-refractivity contribution < 1.29 is 17.9 Å². The highest BCUT2D eigenvalue weighted by atomic mass is 79.9. The molecule has 0 heterocycles. The fourth-order valence-corrected chi connectivity index (χ4v) is 3.56. The van der Waals surface area contributed by atoms with Crippen molar-refractivity contribution in [1.29, 1.82) is 0 Å². The largest absolute Gasteiger partial charge is 0.465 e. The van der Waals surface area contributed by atoms with Crippen LogP contribution in [0.25, 0.3) is 0 Å². The van der Waals surface area contributed by atoms with Crippen molar-refractivity contribution in [2.75, 3.05) is 18.9 Å². The second-order valence-electron chi connectivity index (χ2n) is 4.63. The third-order valence-corrected chi connectivity index (χ3v) is 5.48. The molecular weight excluding hydrogens is 360 g/mol. The van der Waals surface area contributed by atoms with Crippen LogP contribution in [0.1, 0.15) is 20.8 Å². The summed E-state index contributed by atoms with van der Waals surface area (Å²) in [5, 5.41) is 0. The van der Waals surface area contributed by atoms with Gasteiger partial charge in [-0.05, 0) is 54.9 Å². The lowest BCUT2D eigenvalue weighted by Crippen LogP contribution is -2.41. The number of nitrogens with two attached hydrogens (primary N) is 1. The van der Waals surface area contributed by atoms with Crippen LogP contribution in [0.3, 0.4) is 0 Å². The maximum Gasteiger partial charge on any atom is 0.321 e. The normalized spacial score (nSPS) is 11.9. The third kappa shape index (κ3) is 4.42. The summed E-state index contributed by atoms with van der Waals surface area (Å²) in [4.78, 5) is 11.6. The number of esters is 1. The Morgan fingerprint density at radius 1 is 1.43 bits per heavy atom. The molecule has 0 spiro atoms. The number of hydrogen-bond acceptors (Lipinski definition) is 5. The van der Waals surface area contributed by atoms with Crippen molar-refractivity contribution in [2.24, 2.45) is 0 Å². The number of carbonyl (C=O) groups excluding carboxylic acids is 1. The number of ether oxygens (including phenoxy) is 1. The van der Waals surface area contributed by atoms with Gasteiger partial charge in [-0.15, -0.1) is 0 Å². The molecule has 2 N–H and O–H groups in total. The van der Waals surface area contributed by atoms with Crippen molar-refractivity contribution in [3.63, 3.8) is 0 Å². The molecular formula is C13H19BrN2O4S. The van der Waals surface area contributed by atoms with E-state index in [-0.39, 0.29) is 24.1 Å². The van der Waals surface area contributed by atoms with E-state index in [1.807, 2.05) is 0 Å². The molecule has 118 valence electrons. The average Bonchev–Trinajstić information content (AvgIpc) is 2.38.